The van der Waals surface area contributed by atoms with Crippen LogP contribution in [0.25, 0.3) is 11.0 Å². The van der Waals surface area contributed by atoms with E-state index in [-0.39, 0.29) is 26.8 Å². The fourth-order valence-electron chi connectivity index (χ4n) is 3.53. The maximum atomic E-state index is 12.7. The molecular formula is C20H18ClNO4S. The van der Waals surface area contributed by atoms with Crippen LogP contribution in [0.5, 0.6) is 0 Å². The summed E-state index contributed by atoms with van der Waals surface area (Å²) in [6, 6.07) is 11.2. The Morgan fingerprint density at radius 1 is 1.11 bits per heavy atom. The lowest BCUT2D eigenvalue weighted by atomic mass is 9.76. The third kappa shape index (κ3) is 3.24. The highest BCUT2D eigenvalue weighted by Gasteiger charge is 2.35. The molecule has 5 nitrogen and oxygen atoms in total. The predicted octanol–water partition coefficient (Wildman–Crippen LogP) is 5.04. The molecule has 0 fully saturated rings. The summed E-state index contributed by atoms with van der Waals surface area (Å²) in [5.41, 5.74) is 1.03. The molecule has 1 N–H and O–H groups in total. The summed E-state index contributed by atoms with van der Waals surface area (Å²) < 4.78 is 33.6. The van der Waals surface area contributed by atoms with E-state index in [4.69, 9.17) is 16.0 Å². The first-order chi connectivity index (χ1) is 12.7. The lowest BCUT2D eigenvalue weighted by molar-refractivity contribution is 0.0906. The van der Waals surface area contributed by atoms with E-state index < -0.39 is 10.0 Å². The number of fused-ring (bicyclic) bond motifs is 3. The average molecular weight is 404 g/mol. The summed E-state index contributed by atoms with van der Waals surface area (Å²) in [7, 11) is -3.76. The minimum atomic E-state index is -3.76. The van der Waals surface area contributed by atoms with Crippen LogP contribution in [0.2, 0.25) is 5.02 Å². The van der Waals surface area contributed by atoms with Gasteiger partial charge in [-0.2, -0.15) is 0 Å². The van der Waals surface area contributed by atoms with Crippen molar-refractivity contribution in [2.24, 2.45) is 5.41 Å². The van der Waals surface area contributed by atoms with Gasteiger partial charge in [-0.1, -0.05) is 43.6 Å². The SMILES string of the molecule is CC1(C)CC(=O)c2c(oc3c(Cl)cc(NS(=O)(=O)c4ccccc4)cc23)C1. The maximum Gasteiger partial charge on any atom is 0.261 e. The summed E-state index contributed by atoms with van der Waals surface area (Å²) >= 11 is 6.34. The molecular weight excluding hydrogens is 386 g/mol. The topological polar surface area (TPSA) is 76.4 Å². The lowest BCUT2D eigenvalue weighted by Crippen LogP contribution is -2.25. The number of sulfonamides is 1. The van der Waals surface area contributed by atoms with Gasteiger partial charge in [-0.25, -0.2) is 8.42 Å². The molecule has 0 saturated carbocycles. The molecule has 0 radical (unpaired) electrons. The van der Waals surface area contributed by atoms with Crippen LogP contribution in [-0.2, 0) is 16.4 Å². The van der Waals surface area contributed by atoms with Crippen molar-refractivity contribution >= 4 is 44.1 Å². The molecule has 1 aliphatic carbocycles. The number of benzene rings is 2. The first kappa shape index (κ1) is 18.1. The van der Waals surface area contributed by atoms with Gasteiger partial charge in [-0.05, 0) is 29.7 Å². The zero-order valence-corrected chi connectivity index (χ0v) is 16.4. The van der Waals surface area contributed by atoms with E-state index in [0.29, 0.717) is 35.1 Å². The Balaban J connectivity index is 1.81. The molecule has 27 heavy (non-hydrogen) atoms. The van der Waals surface area contributed by atoms with Gasteiger partial charge in [-0.15, -0.1) is 0 Å². The van der Waals surface area contributed by atoms with Crippen LogP contribution >= 0.6 is 11.6 Å². The van der Waals surface area contributed by atoms with E-state index in [0.717, 1.165) is 0 Å². The Bertz CT molecular complexity index is 1160. The highest BCUT2D eigenvalue weighted by atomic mass is 35.5. The van der Waals surface area contributed by atoms with Gasteiger partial charge in [0, 0.05) is 18.2 Å². The molecule has 0 aliphatic heterocycles. The molecule has 0 spiro atoms. The number of hydrogen-bond acceptors (Lipinski definition) is 4. The van der Waals surface area contributed by atoms with Gasteiger partial charge in [0.25, 0.3) is 10.0 Å². The van der Waals surface area contributed by atoms with Crippen molar-refractivity contribution in [2.75, 3.05) is 4.72 Å². The second-order valence-corrected chi connectivity index (χ2v) is 9.68. The quantitative estimate of drug-likeness (QED) is 0.664. The molecule has 0 unspecified atom stereocenters. The molecule has 1 aromatic heterocycles. The van der Waals surface area contributed by atoms with Crippen molar-refractivity contribution in [1.82, 2.24) is 0 Å². The summed E-state index contributed by atoms with van der Waals surface area (Å²) in [5.74, 6) is 0.593. The van der Waals surface area contributed by atoms with Gasteiger partial charge in [0.15, 0.2) is 11.4 Å². The van der Waals surface area contributed by atoms with E-state index in [9.17, 15) is 13.2 Å². The van der Waals surface area contributed by atoms with Crippen molar-refractivity contribution < 1.29 is 17.6 Å². The molecule has 0 saturated heterocycles. The predicted molar refractivity (Wildman–Crippen MR) is 105 cm³/mol. The molecule has 0 atom stereocenters. The van der Waals surface area contributed by atoms with Gasteiger partial charge in [0.2, 0.25) is 0 Å². The minimum absolute atomic E-state index is 0.0147. The lowest BCUT2D eigenvalue weighted by Gasteiger charge is -2.27. The number of anilines is 1. The van der Waals surface area contributed by atoms with Gasteiger partial charge in [0.1, 0.15) is 5.76 Å². The van der Waals surface area contributed by atoms with Crippen LogP contribution < -0.4 is 4.72 Å². The first-order valence-corrected chi connectivity index (χ1v) is 10.4. The number of carbonyl (C=O) groups is 1. The van der Waals surface area contributed by atoms with E-state index in [1.165, 1.54) is 18.2 Å². The Hall–Kier alpha value is -2.31. The number of carbonyl (C=O) groups excluding carboxylic acids is 1. The summed E-state index contributed by atoms with van der Waals surface area (Å²) in [5, 5.41) is 0.807. The Labute approximate surface area is 162 Å². The molecule has 1 aliphatic rings. The largest absolute Gasteiger partial charge is 0.459 e. The van der Waals surface area contributed by atoms with E-state index in [2.05, 4.69) is 4.72 Å². The van der Waals surface area contributed by atoms with Gasteiger partial charge >= 0.3 is 0 Å². The summed E-state index contributed by atoms with van der Waals surface area (Å²) in [4.78, 5) is 12.8. The van der Waals surface area contributed by atoms with Crippen LogP contribution in [0.3, 0.4) is 0 Å². The monoisotopic (exact) mass is 403 g/mol. The number of Topliss-reactive ketones (excluding diaryl/α,β-unsaturated/α-hetero) is 1. The number of rotatable bonds is 3. The van der Waals surface area contributed by atoms with Crippen LogP contribution in [0.4, 0.5) is 5.69 Å². The zero-order chi connectivity index (χ0) is 19.4. The smallest absolute Gasteiger partial charge is 0.261 e. The molecule has 4 rings (SSSR count). The Morgan fingerprint density at radius 2 is 1.81 bits per heavy atom. The summed E-state index contributed by atoms with van der Waals surface area (Å²) in [6.07, 6.45) is 1.04. The minimum Gasteiger partial charge on any atom is -0.459 e. The van der Waals surface area contributed by atoms with Crippen LogP contribution in [-0.4, -0.2) is 14.2 Å². The third-order valence-corrected chi connectivity index (χ3v) is 6.36. The molecule has 3 aromatic rings. The first-order valence-electron chi connectivity index (χ1n) is 8.52. The van der Waals surface area contributed by atoms with Crippen molar-refractivity contribution in [2.45, 2.75) is 31.6 Å². The Morgan fingerprint density at radius 3 is 2.52 bits per heavy atom. The van der Waals surface area contributed by atoms with Gasteiger partial charge in [-0.3, -0.25) is 9.52 Å². The molecule has 140 valence electrons. The molecule has 0 bridgehead atoms. The van der Waals surface area contributed by atoms with Crippen LogP contribution in [0.1, 0.15) is 36.4 Å². The summed E-state index contributed by atoms with van der Waals surface area (Å²) in [6.45, 7) is 4.03. The highest BCUT2D eigenvalue weighted by Crippen LogP contribution is 2.42. The number of nitrogens with one attached hydrogen (secondary N) is 1. The van der Waals surface area contributed by atoms with E-state index in [1.54, 1.807) is 24.3 Å². The molecule has 1 heterocycles. The Kier molecular flexibility index (Phi) is 4.09. The second-order valence-electron chi connectivity index (χ2n) is 7.59. The molecule has 2 aromatic carbocycles. The third-order valence-electron chi connectivity index (χ3n) is 4.68. The zero-order valence-electron chi connectivity index (χ0n) is 14.9. The molecule has 0 amide bonds. The number of hydrogen-bond donors (Lipinski definition) is 1. The molecule has 7 heteroatoms. The fraction of sp³-hybridized carbons (Fsp3) is 0.250. The highest BCUT2D eigenvalue weighted by molar-refractivity contribution is 7.92. The standard InChI is InChI=1S/C20H18ClNO4S/c1-20(2)10-16(23)18-14-8-12(9-15(21)19(14)26-17(18)11-20)22-27(24,25)13-6-4-3-5-7-13/h3-9,22H,10-11H2,1-2H3. The second kappa shape index (κ2) is 6.11. The average Bonchev–Trinajstić information content (AvgIpc) is 2.93. The number of furan rings is 1. The van der Waals surface area contributed by atoms with Crippen molar-refractivity contribution in [1.29, 1.82) is 0 Å². The van der Waals surface area contributed by atoms with Gasteiger partial charge < -0.3 is 4.42 Å². The number of halogens is 1. The van der Waals surface area contributed by atoms with Crippen molar-refractivity contribution in [3.8, 4) is 0 Å². The van der Waals surface area contributed by atoms with Crippen molar-refractivity contribution in [3.05, 3.63) is 58.8 Å². The van der Waals surface area contributed by atoms with Crippen molar-refractivity contribution in [3.63, 3.8) is 0 Å². The van der Waals surface area contributed by atoms with Crippen LogP contribution in [0, 0.1) is 5.41 Å². The van der Waals surface area contributed by atoms with E-state index in [1.807, 2.05) is 13.8 Å². The normalized spacial score (nSPS) is 16.3. The van der Waals surface area contributed by atoms with Gasteiger partial charge in [0.05, 0.1) is 21.2 Å². The number of ketones is 1. The van der Waals surface area contributed by atoms with Crippen LogP contribution in [0.15, 0.2) is 51.8 Å². The maximum absolute atomic E-state index is 12.7. The fourth-order valence-corrected chi connectivity index (χ4v) is 4.85. The van der Waals surface area contributed by atoms with E-state index >= 15 is 0 Å².